The highest BCUT2D eigenvalue weighted by Crippen LogP contribution is 2.20. The molecule has 0 saturated carbocycles. The van der Waals surface area contributed by atoms with E-state index in [1.807, 2.05) is 11.0 Å². The van der Waals surface area contributed by atoms with E-state index >= 15 is 0 Å². The fraction of sp³-hybridized carbons (Fsp3) is 0.476. The number of piperidine rings is 1. The summed E-state index contributed by atoms with van der Waals surface area (Å²) in [6.07, 6.45) is 5.53. The molecule has 0 unspecified atom stereocenters. The van der Waals surface area contributed by atoms with Crippen molar-refractivity contribution in [2.24, 2.45) is 5.92 Å². The van der Waals surface area contributed by atoms with E-state index in [0.29, 0.717) is 17.4 Å². The monoisotopic (exact) mass is 365 g/mol. The van der Waals surface area contributed by atoms with Crippen LogP contribution in [0.3, 0.4) is 0 Å². The van der Waals surface area contributed by atoms with Gasteiger partial charge in [-0.15, -0.1) is 0 Å². The third-order valence-electron chi connectivity index (χ3n) is 5.64. The second-order valence-electron chi connectivity index (χ2n) is 7.56. The molecule has 2 aliphatic heterocycles. The third kappa shape index (κ3) is 4.04. The van der Waals surface area contributed by atoms with Gasteiger partial charge in [-0.25, -0.2) is 9.97 Å². The van der Waals surface area contributed by atoms with Gasteiger partial charge < -0.3 is 14.7 Å². The highest BCUT2D eigenvalue weighted by molar-refractivity contribution is 5.93. The summed E-state index contributed by atoms with van der Waals surface area (Å²) in [5.41, 5.74) is 1.85. The zero-order valence-electron chi connectivity index (χ0n) is 15.9. The van der Waals surface area contributed by atoms with Gasteiger partial charge in [0.15, 0.2) is 0 Å². The Morgan fingerprint density at radius 3 is 2.11 bits per heavy atom. The van der Waals surface area contributed by atoms with Crippen LogP contribution in [0, 0.1) is 5.92 Å². The second kappa shape index (κ2) is 7.94. The Hall–Kier alpha value is -2.63. The lowest BCUT2D eigenvalue weighted by molar-refractivity contribution is 0.0696. The van der Waals surface area contributed by atoms with E-state index in [-0.39, 0.29) is 5.91 Å². The molecule has 142 valence electrons. The quantitative estimate of drug-likeness (QED) is 0.837. The SMILES string of the molecule is CC1CCN(C(=O)c2cnc(N3CCN(c4ccccc4)CC3)nc2)CC1. The number of piperazine rings is 1. The van der Waals surface area contributed by atoms with E-state index in [0.717, 1.165) is 52.1 Å². The first kappa shape index (κ1) is 17.8. The van der Waals surface area contributed by atoms with Crippen LogP contribution in [0.15, 0.2) is 42.7 Å². The van der Waals surface area contributed by atoms with Crippen molar-refractivity contribution in [3.05, 3.63) is 48.3 Å². The van der Waals surface area contributed by atoms with Crippen LogP contribution in [0.5, 0.6) is 0 Å². The van der Waals surface area contributed by atoms with Crippen LogP contribution in [0.25, 0.3) is 0 Å². The van der Waals surface area contributed by atoms with Crippen molar-refractivity contribution in [3.8, 4) is 0 Å². The minimum atomic E-state index is 0.0577. The molecule has 2 saturated heterocycles. The van der Waals surface area contributed by atoms with E-state index < -0.39 is 0 Å². The first-order chi connectivity index (χ1) is 13.2. The first-order valence-electron chi connectivity index (χ1n) is 9.87. The summed E-state index contributed by atoms with van der Waals surface area (Å²) in [5, 5.41) is 0. The van der Waals surface area contributed by atoms with Crippen molar-refractivity contribution in [2.75, 3.05) is 49.1 Å². The predicted molar refractivity (Wildman–Crippen MR) is 107 cm³/mol. The first-order valence-corrected chi connectivity index (χ1v) is 9.87. The van der Waals surface area contributed by atoms with Gasteiger partial charge in [-0.1, -0.05) is 25.1 Å². The lowest BCUT2D eigenvalue weighted by Gasteiger charge is -2.36. The minimum absolute atomic E-state index is 0.0577. The number of carbonyl (C=O) groups is 1. The lowest BCUT2D eigenvalue weighted by Crippen LogP contribution is -2.47. The van der Waals surface area contributed by atoms with E-state index in [1.54, 1.807) is 12.4 Å². The average Bonchev–Trinajstić information content (AvgIpc) is 2.75. The van der Waals surface area contributed by atoms with Crippen LogP contribution < -0.4 is 9.80 Å². The van der Waals surface area contributed by atoms with Crippen LogP contribution in [0.4, 0.5) is 11.6 Å². The van der Waals surface area contributed by atoms with E-state index in [9.17, 15) is 4.79 Å². The Morgan fingerprint density at radius 1 is 0.889 bits per heavy atom. The van der Waals surface area contributed by atoms with Crippen LogP contribution >= 0.6 is 0 Å². The summed E-state index contributed by atoms with van der Waals surface area (Å²) in [7, 11) is 0. The number of rotatable bonds is 3. The summed E-state index contributed by atoms with van der Waals surface area (Å²) in [4.78, 5) is 28.1. The van der Waals surface area contributed by atoms with E-state index in [1.165, 1.54) is 5.69 Å². The Morgan fingerprint density at radius 2 is 1.48 bits per heavy atom. The highest BCUT2D eigenvalue weighted by atomic mass is 16.2. The molecule has 0 atom stereocenters. The van der Waals surface area contributed by atoms with Gasteiger partial charge in [0.25, 0.3) is 5.91 Å². The van der Waals surface area contributed by atoms with Gasteiger partial charge in [-0.05, 0) is 30.9 Å². The zero-order valence-corrected chi connectivity index (χ0v) is 15.9. The molecule has 0 N–H and O–H groups in total. The van der Waals surface area contributed by atoms with Crippen LogP contribution in [0.1, 0.15) is 30.1 Å². The summed E-state index contributed by atoms with van der Waals surface area (Å²) in [6.45, 7) is 7.57. The van der Waals surface area contributed by atoms with Gasteiger partial charge in [0.1, 0.15) is 0 Å². The molecule has 2 aromatic rings. The van der Waals surface area contributed by atoms with Gasteiger partial charge in [0.05, 0.1) is 5.56 Å². The largest absolute Gasteiger partial charge is 0.368 e. The molecule has 0 aliphatic carbocycles. The zero-order chi connectivity index (χ0) is 18.6. The minimum Gasteiger partial charge on any atom is -0.368 e. The van der Waals surface area contributed by atoms with Crippen LogP contribution in [0.2, 0.25) is 0 Å². The van der Waals surface area contributed by atoms with Crippen molar-refractivity contribution < 1.29 is 4.79 Å². The van der Waals surface area contributed by atoms with Crippen LogP contribution in [-0.2, 0) is 0 Å². The number of aromatic nitrogens is 2. The fourth-order valence-corrected chi connectivity index (χ4v) is 3.79. The van der Waals surface area contributed by atoms with Crippen molar-refractivity contribution in [1.29, 1.82) is 0 Å². The smallest absolute Gasteiger partial charge is 0.256 e. The Kier molecular flexibility index (Phi) is 5.23. The number of amides is 1. The van der Waals surface area contributed by atoms with E-state index in [2.05, 4.69) is 51.0 Å². The number of hydrogen-bond acceptors (Lipinski definition) is 5. The molecule has 2 aliphatic rings. The number of para-hydroxylation sites is 1. The van der Waals surface area contributed by atoms with Crippen LogP contribution in [-0.4, -0.2) is 60.0 Å². The molecule has 3 heterocycles. The molecule has 0 spiro atoms. The molecule has 6 heteroatoms. The van der Waals surface area contributed by atoms with Gasteiger partial charge in [0, 0.05) is 57.3 Å². The Balaban J connectivity index is 1.35. The van der Waals surface area contributed by atoms with Gasteiger partial charge in [0.2, 0.25) is 5.95 Å². The molecule has 0 radical (unpaired) electrons. The van der Waals surface area contributed by atoms with E-state index in [4.69, 9.17) is 0 Å². The molecular formula is C21H27N5O. The summed E-state index contributed by atoms with van der Waals surface area (Å²) in [6, 6.07) is 10.5. The predicted octanol–water partition coefficient (Wildman–Crippen LogP) is 2.68. The molecule has 2 fully saturated rings. The second-order valence-corrected chi connectivity index (χ2v) is 7.56. The highest BCUT2D eigenvalue weighted by Gasteiger charge is 2.23. The number of hydrogen-bond donors (Lipinski definition) is 0. The molecule has 6 nitrogen and oxygen atoms in total. The Labute approximate surface area is 160 Å². The number of nitrogens with zero attached hydrogens (tertiary/aromatic N) is 5. The number of likely N-dealkylation sites (tertiary alicyclic amines) is 1. The molecule has 1 aromatic carbocycles. The number of carbonyl (C=O) groups excluding carboxylic acids is 1. The fourth-order valence-electron chi connectivity index (χ4n) is 3.79. The van der Waals surface area contributed by atoms with Gasteiger partial charge in [-0.2, -0.15) is 0 Å². The van der Waals surface area contributed by atoms with Crippen molar-refractivity contribution >= 4 is 17.5 Å². The maximum Gasteiger partial charge on any atom is 0.256 e. The molecule has 0 bridgehead atoms. The van der Waals surface area contributed by atoms with Gasteiger partial charge in [-0.3, -0.25) is 4.79 Å². The van der Waals surface area contributed by atoms with Gasteiger partial charge >= 0.3 is 0 Å². The number of anilines is 2. The summed E-state index contributed by atoms with van der Waals surface area (Å²) < 4.78 is 0. The lowest BCUT2D eigenvalue weighted by atomic mass is 9.99. The molecule has 27 heavy (non-hydrogen) atoms. The molecule has 1 amide bonds. The molecule has 1 aromatic heterocycles. The topological polar surface area (TPSA) is 52.6 Å². The molecular weight excluding hydrogens is 338 g/mol. The third-order valence-corrected chi connectivity index (χ3v) is 5.64. The summed E-state index contributed by atoms with van der Waals surface area (Å²) >= 11 is 0. The number of benzene rings is 1. The average molecular weight is 365 g/mol. The maximum absolute atomic E-state index is 12.6. The normalized spacial score (nSPS) is 18.6. The standard InChI is InChI=1S/C21H27N5O/c1-17-7-9-25(10-8-17)20(27)18-15-22-21(23-16-18)26-13-11-24(12-14-26)19-5-3-2-4-6-19/h2-6,15-17H,7-14H2,1H3. The molecule has 4 rings (SSSR count). The van der Waals surface area contributed by atoms with Crippen molar-refractivity contribution in [3.63, 3.8) is 0 Å². The van der Waals surface area contributed by atoms with Crippen molar-refractivity contribution in [1.82, 2.24) is 14.9 Å². The Bertz CT molecular complexity index is 748. The van der Waals surface area contributed by atoms with Crippen molar-refractivity contribution in [2.45, 2.75) is 19.8 Å². The summed E-state index contributed by atoms with van der Waals surface area (Å²) in [5.74, 6) is 1.48. The maximum atomic E-state index is 12.6.